The Balaban J connectivity index is 2.00. The first-order valence-electron chi connectivity index (χ1n) is 5.72. The lowest BCUT2D eigenvalue weighted by Gasteiger charge is -2.10. The lowest BCUT2D eigenvalue weighted by Crippen LogP contribution is -1.98. The van der Waals surface area contributed by atoms with Crippen molar-refractivity contribution in [2.45, 2.75) is 30.6 Å². The van der Waals surface area contributed by atoms with Gasteiger partial charge in [-0.15, -0.1) is 11.8 Å². The van der Waals surface area contributed by atoms with Gasteiger partial charge in [0.15, 0.2) is 0 Å². The fourth-order valence-electron chi connectivity index (χ4n) is 2.11. The number of thioether (sulfide) groups is 1. The zero-order valence-corrected chi connectivity index (χ0v) is 10.1. The molecule has 0 unspecified atom stereocenters. The summed E-state index contributed by atoms with van der Waals surface area (Å²) in [5.74, 6) is 1.98. The Labute approximate surface area is 101 Å². The van der Waals surface area contributed by atoms with Crippen molar-refractivity contribution in [3.8, 4) is 6.07 Å². The summed E-state index contributed by atoms with van der Waals surface area (Å²) < 4.78 is 0. The highest BCUT2D eigenvalue weighted by molar-refractivity contribution is 7.99. The standard InChI is InChI=1S/C13H16N2S/c14-8-11-5-6-12(15)13(7-11)16-9-10-3-1-2-4-10/h5-7,10H,1-4,9,15H2. The van der Waals surface area contributed by atoms with Crippen LogP contribution in [0.3, 0.4) is 0 Å². The van der Waals surface area contributed by atoms with Crippen molar-refractivity contribution in [2.75, 3.05) is 11.5 Å². The van der Waals surface area contributed by atoms with E-state index in [0.29, 0.717) is 5.56 Å². The molecule has 1 aromatic carbocycles. The normalized spacial score (nSPS) is 16.2. The summed E-state index contributed by atoms with van der Waals surface area (Å²) in [4.78, 5) is 1.06. The van der Waals surface area contributed by atoms with E-state index < -0.39 is 0 Å². The van der Waals surface area contributed by atoms with E-state index >= 15 is 0 Å². The minimum absolute atomic E-state index is 0.697. The summed E-state index contributed by atoms with van der Waals surface area (Å²) >= 11 is 1.80. The van der Waals surface area contributed by atoms with Crippen molar-refractivity contribution in [1.82, 2.24) is 0 Å². The number of benzene rings is 1. The molecular weight excluding hydrogens is 216 g/mol. The first-order chi connectivity index (χ1) is 7.79. The summed E-state index contributed by atoms with van der Waals surface area (Å²) in [6, 6.07) is 7.65. The van der Waals surface area contributed by atoms with E-state index in [4.69, 9.17) is 11.0 Å². The molecule has 0 spiro atoms. The Morgan fingerprint density at radius 1 is 1.38 bits per heavy atom. The largest absolute Gasteiger partial charge is 0.398 e. The number of hydrogen-bond acceptors (Lipinski definition) is 3. The van der Waals surface area contributed by atoms with Crippen LogP contribution in [0, 0.1) is 17.2 Å². The molecular formula is C13H16N2S. The summed E-state index contributed by atoms with van der Waals surface area (Å²) in [7, 11) is 0. The molecule has 0 radical (unpaired) electrons. The second-order valence-electron chi connectivity index (χ2n) is 4.33. The number of nitriles is 1. The Bertz CT molecular complexity index is 403. The SMILES string of the molecule is N#Cc1ccc(N)c(SCC2CCCC2)c1. The van der Waals surface area contributed by atoms with Crippen LogP contribution in [0.1, 0.15) is 31.2 Å². The fraction of sp³-hybridized carbons (Fsp3) is 0.462. The van der Waals surface area contributed by atoms with Crippen molar-refractivity contribution < 1.29 is 0 Å². The van der Waals surface area contributed by atoms with Gasteiger partial charge in [0.2, 0.25) is 0 Å². The smallest absolute Gasteiger partial charge is 0.0992 e. The van der Waals surface area contributed by atoms with E-state index in [1.807, 2.05) is 12.1 Å². The molecule has 2 rings (SSSR count). The molecule has 0 aromatic heterocycles. The molecule has 1 aliphatic rings. The van der Waals surface area contributed by atoms with Gasteiger partial charge >= 0.3 is 0 Å². The molecule has 1 saturated carbocycles. The molecule has 1 fully saturated rings. The molecule has 1 aromatic rings. The Morgan fingerprint density at radius 2 is 2.12 bits per heavy atom. The molecule has 0 aliphatic heterocycles. The van der Waals surface area contributed by atoms with Gasteiger partial charge in [0.25, 0.3) is 0 Å². The van der Waals surface area contributed by atoms with Gasteiger partial charge in [0.1, 0.15) is 0 Å². The first kappa shape index (κ1) is 11.3. The molecule has 1 aliphatic carbocycles. The number of hydrogen-bond donors (Lipinski definition) is 1. The van der Waals surface area contributed by atoms with Crippen LogP contribution in [0.15, 0.2) is 23.1 Å². The van der Waals surface area contributed by atoms with Gasteiger partial charge < -0.3 is 5.73 Å². The van der Waals surface area contributed by atoms with Crippen molar-refractivity contribution in [1.29, 1.82) is 5.26 Å². The number of nitrogens with two attached hydrogens (primary N) is 1. The van der Waals surface area contributed by atoms with E-state index in [9.17, 15) is 0 Å². The maximum atomic E-state index is 8.83. The number of nitrogen functional groups attached to an aromatic ring is 1. The predicted octanol–water partition coefficient (Wildman–Crippen LogP) is 3.42. The Hall–Kier alpha value is -1.14. The highest BCUT2D eigenvalue weighted by atomic mass is 32.2. The van der Waals surface area contributed by atoms with Crippen molar-refractivity contribution in [2.24, 2.45) is 5.92 Å². The first-order valence-corrected chi connectivity index (χ1v) is 6.70. The lowest BCUT2D eigenvalue weighted by atomic mass is 10.1. The molecule has 0 heterocycles. The average molecular weight is 232 g/mol. The zero-order valence-electron chi connectivity index (χ0n) is 9.28. The van der Waals surface area contributed by atoms with Crippen LogP contribution < -0.4 is 5.73 Å². The van der Waals surface area contributed by atoms with E-state index in [2.05, 4.69) is 6.07 Å². The molecule has 0 bridgehead atoms. The molecule has 2 N–H and O–H groups in total. The van der Waals surface area contributed by atoms with Crippen molar-refractivity contribution >= 4 is 17.4 Å². The summed E-state index contributed by atoms with van der Waals surface area (Å²) in [5.41, 5.74) is 7.39. The monoisotopic (exact) mass is 232 g/mol. The summed E-state index contributed by atoms with van der Waals surface area (Å²) in [6.07, 6.45) is 5.45. The predicted molar refractivity (Wildman–Crippen MR) is 68.3 cm³/mol. The minimum Gasteiger partial charge on any atom is -0.398 e. The Kier molecular flexibility index (Phi) is 3.74. The summed E-state index contributed by atoms with van der Waals surface area (Å²) in [5, 5.41) is 8.83. The number of anilines is 1. The van der Waals surface area contributed by atoms with Crippen LogP contribution in [0.2, 0.25) is 0 Å². The zero-order chi connectivity index (χ0) is 11.4. The molecule has 2 nitrogen and oxygen atoms in total. The van der Waals surface area contributed by atoms with E-state index in [0.717, 1.165) is 22.3 Å². The highest BCUT2D eigenvalue weighted by Gasteiger charge is 2.15. The molecule has 16 heavy (non-hydrogen) atoms. The third-order valence-electron chi connectivity index (χ3n) is 3.09. The van der Waals surface area contributed by atoms with E-state index in [-0.39, 0.29) is 0 Å². The molecule has 84 valence electrons. The fourth-order valence-corrected chi connectivity index (χ4v) is 3.31. The lowest BCUT2D eigenvalue weighted by molar-refractivity contribution is 0.623. The van der Waals surface area contributed by atoms with E-state index in [1.54, 1.807) is 17.8 Å². The van der Waals surface area contributed by atoms with Gasteiger partial charge in [-0.2, -0.15) is 5.26 Å². The third kappa shape index (κ3) is 2.70. The molecule has 0 amide bonds. The van der Waals surface area contributed by atoms with Crippen LogP contribution in [0.25, 0.3) is 0 Å². The van der Waals surface area contributed by atoms with Crippen LogP contribution in [0.5, 0.6) is 0 Å². The van der Waals surface area contributed by atoms with Crippen LogP contribution >= 0.6 is 11.8 Å². The van der Waals surface area contributed by atoms with Gasteiger partial charge in [-0.25, -0.2) is 0 Å². The van der Waals surface area contributed by atoms with Crippen LogP contribution in [-0.4, -0.2) is 5.75 Å². The maximum absolute atomic E-state index is 8.83. The molecule has 3 heteroatoms. The van der Waals surface area contributed by atoms with Gasteiger partial charge in [-0.05, 0) is 37.0 Å². The Morgan fingerprint density at radius 3 is 2.81 bits per heavy atom. The van der Waals surface area contributed by atoms with Crippen molar-refractivity contribution in [3.05, 3.63) is 23.8 Å². The van der Waals surface area contributed by atoms with Gasteiger partial charge in [0.05, 0.1) is 11.6 Å². The van der Waals surface area contributed by atoms with Crippen molar-refractivity contribution in [3.63, 3.8) is 0 Å². The minimum atomic E-state index is 0.697. The van der Waals surface area contributed by atoms with Gasteiger partial charge in [-0.1, -0.05) is 12.8 Å². The quantitative estimate of drug-likeness (QED) is 0.641. The molecule has 0 atom stereocenters. The summed E-state index contributed by atoms with van der Waals surface area (Å²) in [6.45, 7) is 0. The van der Waals surface area contributed by atoms with Gasteiger partial charge in [0, 0.05) is 16.3 Å². The average Bonchev–Trinajstić information content (AvgIpc) is 2.81. The van der Waals surface area contributed by atoms with Crippen LogP contribution in [0.4, 0.5) is 5.69 Å². The number of rotatable bonds is 3. The van der Waals surface area contributed by atoms with E-state index in [1.165, 1.54) is 25.7 Å². The van der Waals surface area contributed by atoms with Crippen LogP contribution in [-0.2, 0) is 0 Å². The topological polar surface area (TPSA) is 49.8 Å². The third-order valence-corrected chi connectivity index (χ3v) is 4.39. The number of nitrogens with zero attached hydrogens (tertiary/aromatic N) is 1. The second-order valence-corrected chi connectivity index (χ2v) is 5.39. The maximum Gasteiger partial charge on any atom is 0.0992 e. The van der Waals surface area contributed by atoms with Gasteiger partial charge in [-0.3, -0.25) is 0 Å². The molecule has 0 saturated heterocycles. The second kappa shape index (κ2) is 5.27. The highest BCUT2D eigenvalue weighted by Crippen LogP contribution is 2.33.